The van der Waals surface area contributed by atoms with Crippen LogP contribution in [-0.4, -0.2) is 75.5 Å². The zero-order chi connectivity index (χ0) is 24.8. The number of piperazine rings is 1. The number of nitrogens with zero attached hydrogens (tertiary/aromatic N) is 3. The molecular weight excluding hydrogens is 436 g/mol. The number of ether oxygens (including phenoxy) is 2. The highest BCUT2D eigenvalue weighted by molar-refractivity contribution is 5.58. The second kappa shape index (κ2) is 11.4. The second-order valence-corrected chi connectivity index (χ2v) is 10.5. The highest BCUT2D eigenvalue weighted by atomic mass is 16.5. The molecule has 1 fully saturated rings. The number of anilines is 1. The lowest BCUT2D eigenvalue weighted by molar-refractivity contribution is -0.000662. The topological polar surface area (TPSA) is 40.2 Å². The fourth-order valence-electron chi connectivity index (χ4n) is 4.94. The highest BCUT2D eigenvalue weighted by Crippen LogP contribution is 2.36. The Morgan fingerprint density at radius 3 is 2.60 bits per heavy atom. The zero-order valence-electron chi connectivity index (χ0n) is 22.1. The Kier molecular flexibility index (Phi) is 8.24. The Morgan fingerprint density at radius 2 is 1.89 bits per heavy atom. The van der Waals surface area contributed by atoms with Gasteiger partial charge in [-0.25, -0.2) is 0 Å². The van der Waals surface area contributed by atoms with Crippen LogP contribution in [0.4, 0.5) is 5.69 Å². The van der Waals surface area contributed by atoms with E-state index in [4.69, 9.17) is 9.47 Å². The maximum absolute atomic E-state index is 6.23. The first-order valence-corrected chi connectivity index (χ1v) is 12.8. The molecule has 190 valence electrons. The van der Waals surface area contributed by atoms with E-state index in [1.807, 2.05) is 25.4 Å². The normalized spacial score (nSPS) is 21.2. The van der Waals surface area contributed by atoms with Crippen molar-refractivity contribution in [2.75, 3.05) is 65.1 Å². The van der Waals surface area contributed by atoms with Crippen LogP contribution in [0.3, 0.4) is 0 Å². The summed E-state index contributed by atoms with van der Waals surface area (Å²) in [6.45, 7) is 13.7. The van der Waals surface area contributed by atoms with E-state index in [9.17, 15) is 0 Å². The van der Waals surface area contributed by atoms with E-state index in [1.165, 1.54) is 22.4 Å². The predicted octanol–water partition coefficient (Wildman–Crippen LogP) is 4.54. The van der Waals surface area contributed by atoms with Gasteiger partial charge in [0, 0.05) is 63.8 Å². The Hall–Kier alpha value is -2.70. The molecule has 0 aromatic heterocycles. The molecule has 0 saturated carbocycles. The maximum Gasteiger partial charge on any atom is 0.142 e. The minimum atomic E-state index is 0.0965. The Morgan fingerprint density at radius 1 is 1.11 bits per heavy atom. The third kappa shape index (κ3) is 6.30. The number of para-hydroxylation sites is 2. The van der Waals surface area contributed by atoms with Gasteiger partial charge in [-0.15, -0.1) is 0 Å². The lowest BCUT2D eigenvalue weighted by Crippen LogP contribution is -2.47. The first kappa shape index (κ1) is 25.4. The summed E-state index contributed by atoms with van der Waals surface area (Å²) < 4.78 is 11.8. The van der Waals surface area contributed by atoms with E-state index >= 15 is 0 Å². The van der Waals surface area contributed by atoms with Gasteiger partial charge in [-0.2, -0.15) is 0 Å². The number of methoxy groups -OCH3 is 1. The lowest BCUT2D eigenvalue weighted by Gasteiger charge is -2.41. The van der Waals surface area contributed by atoms with Gasteiger partial charge in [-0.05, 0) is 62.7 Å². The van der Waals surface area contributed by atoms with Gasteiger partial charge >= 0.3 is 0 Å². The molecule has 2 heterocycles. The Bertz CT molecular complexity index is 994. The molecule has 0 spiro atoms. The summed E-state index contributed by atoms with van der Waals surface area (Å²) in [7, 11) is 3.69. The van der Waals surface area contributed by atoms with Crippen molar-refractivity contribution in [2.24, 2.45) is 0 Å². The first-order valence-electron chi connectivity index (χ1n) is 12.8. The smallest absolute Gasteiger partial charge is 0.142 e. The summed E-state index contributed by atoms with van der Waals surface area (Å²) in [4.78, 5) is 7.45. The number of rotatable bonds is 7. The van der Waals surface area contributed by atoms with Crippen molar-refractivity contribution in [3.8, 4) is 5.75 Å². The quantitative estimate of drug-likeness (QED) is 0.621. The first-order chi connectivity index (χ1) is 16.9. The van der Waals surface area contributed by atoms with E-state index in [0.717, 1.165) is 63.6 Å². The molecule has 4 rings (SSSR count). The third-order valence-corrected chi connectivity index (χ3v) is 7.23. The minimum Gasteiger partial charge on any atom is -0.495 e. The molecular formula is C29H42N4O2. The molecule has 1 aliphatic carbocycles. The van der Waals surface area contributed by atoms with Crippen molar-refractivity contribution >= 4 is 5.69 Å². The average Bonchev–Trinajstić information content (AvgIpc) is 2.87. The number of allylic oxidation sites excluding steroid dienone is 3. The predicted molar refractivity (Wildman–Crippen MR) is 145 cm³/mol. The van der Waals surface area contributed by atoms with Crippen LogP contribution in [0, 0.1) is 0 Å². The van der Waals surface area contributed by atoms with Gasteiger partial charge in [0.05, 0.1) is 12.8 Å². The molecule has 0 bridgehead atoms. The van der Waals surface area contributed by atoms with Crippen LogP contribution in [0.1, 0.15) is 33.6 Å². The van der Waals surface area contributed by atoms with Gasteiger partial charge in [-0.3, -0.25) is 9.80 Å². The van der Waals surface area contributed by atoms with E-state index in [0.29, 0.717) is 6.73 Å². The van der Waals surface area contributed by atoms with Crippen LogP contribution < -0.4 is 15.0 Å². The van der Waals surface area contributed by atoms with E-state index in [1.54, 1.807) is 7.11 Å². The third-order valence-electron chi connectivity index (χ3n) is 7.23. The molecule has 1 aromatic rings. The molecule has 0 radical (unpaired) electrons. The van der Waals surface area contributed by atoms with Crippen LogP contribution in [-0.2, 0) is 4.74 Å². The molecule has 2 aliphatic heterocycles. The standard InChI is InChI=1S/C29H42N4O2/c1-29(2,3)33-21-25-19-24(23(9-8-13-30-4)20-28(25)35-22-33)12-14-31-15-17-32(18-16-31)26-10-6-7-11-27(26)34-5/h6-11,13,19,30H,12,14-18,20-22H2,1-5H3/b13-8-,23-9+. The van der Waals surface area contributed by atoms with Gasteiger partial charge in [0.2, 0.25) is 0 Å². The highest BCUT2D eigenvalue weighted by Gasteiger charge is 2.30. The van der Waals surface area contributed by atoms with Gasteiger partial charge in [0.25, 0.3) is 0 Å². The molecule has 0 unspecified atom stereocenters. The average molecular weight is 479 g/mol. The van der Waals surface area contributed by atoms with Crippen LogP contribution in [0.5, 0.6) is 5.75 Å². The van der Waals surface area contributed by atoms with Crippen LogP contribution >= 0.6 is 0 Å². The monoisotopic (exact) mass is 478 g/mol. The van der Waals surface area contributed by atoms with E-state index in [2.05, 4.69) is 71.1 Å². The lowest BCUT2D eigenvalue weighted by atomic mass is 9.88. The number of nitrogens with one attached hydrogen (secondary N) is 1. The Balaban J connectivity index is 1.41. The molecule has 6 nitrogen and oxygen atoms in total. The number of hydrogen-bond donors (Lipinski definition) is 1. The summed E-state index contributed by atoms with van der Waals surface area (Å²) in [5, 5.41) is 3.09. The summed E-state index contributed by atoms with van der Waals surface area (Å²) in [6, 6.07) is 8.34. The van der Waals surface area contributed by atoms with Crippen molar-refractivity contribution in [2.45, 2.75) is 39.2 Å². The molecule has 0 atom stereocenters. The fraction of sp³-hybridized carbons (Fsp3) is 0.517. The fourth-order valence-corrected chi connectivity index (χ4v) is 4.94. The summed E-state index contributed by atoms with van der Waals surface area (Å²) >= 11 is 0. The van der Waals surface area contributed by atoms with Crippen LogP contribution in [0.2, 0.25) is 0 Å². The molecule has 3 aliphatic rings. The van der Waals surface area contributed by atoms with Crippen molar-refractivity contribution in [3.05, 3.63) is 71.2 Å². The molecule has 1 N–H and O–H groups in total. The molecule has 1 aromatic carbocycles. The van der Waals surface area contributed by atoms with Crippen LogP contribution in [0.25, 0.3) is 0 Å². The van der Waals surface area contributed by atoms with Gasteiger partial charge in [0.15, 0.2) is 0 Å². The second-order valence-electron chi connectivity index (χ2n) is 10.5. The minimum absolute atomic E-state index is 0.0965. The molecule has 35 heavy (non-hydrogen) atoms. The van der Waals surface area contributed by atoms with E-state index in [-0.39, 0.29) is 5.54 Å². The van der Waals surface area contributed by atoms with Crippen LogP contribution in [0.15, 0.2) is 71.2 Å². The summed E-state index contributed by atoms with van der Waals surface area (Å²) in [5.41, 5.74) is 5.45. The van der Waals surface area contributed by atoms with E-state index < -0.39 is 0 Å². The Labute approximate surface area is 211 Å². The van der Waals surface area contributed by atoms with Crippen molar-refractivity contribution < 1.29 is 9.47 Å². The number of hydrogen-bond acceptors (Lipinski definition) is 6. The largest absolute Gasteiger partial charge is 0.495 e. The summed E-state index contributed by atoms with van der Waals surface area (Å²) in [6.07, 6.45) is 10.7. The van der Waals surface area contributed by atoms with Gasteiger partial charge in [-0.1, -0.05) is 24.3 Å². The SMILES string of the molecule is CN/C=C\C=C1/CC2=C(C=C1CCN1CCN(c3ccccc3OC)CC1)CN(C(C)(C)C)CO2. The maximum atomic E-state index is 6.23. The molecule has 1 saturated heterocycles. The summed E-state index contributed by atoms with van der Waals surface area (Å²) in [5.74, 6) is 2.10. The molecule has 0 amide bonds. The van der Waals surface area contributed by atoms with Gasteiger partial charge in [0.1, 0.15) is 18.2 Å². The zero-order valence-corrected chi connectivity index (χ0v) is 22.1. The van der Waals surface area contributed by atoms with Crippen molar-refractivity contribution in [1.29, 1.82) is 0 Å². The molecule has 6 heteroatoms. The van der Waals surface area contributed by atoms with Crippen molar-refractivity contribution in [3.63, 3.8) is 0 Å². The van der Waals surface area contributed by atoms with Gasteiger partial charge < -0.3 is 19.7 Å². The van der Waals surface area contributed by atoms with Crippen molar-refractivity contribution in [1.82, 2.24) is 15.1 Å². The number of benzene rings is 1.